The summed E-state index contributed by atoms with van der Waals surface area (Å²) in [4.78, 5) is 0. The molecule has 0 fully saturated rings. The Morgan fingerprint density at radius 3 is 1.41 bits per heavy atom. The Balaban J connectivity index is 1.01. The van der Waals surface area contributed by atoms with Crippen LogP contribution in [0.25, 0.3) is 143 Å². The smallest absolute Gasteiger partial charge is 0.163 e. The first-order chi connectivity index (χ1) is 32.7. The zero-order chi connectivity index (χ0) is 43.0. The van der Waals surface area contributed by atoms with Crippen LogP contribution in [0.5, 0.6) is 0 Å². The lowest BCUT2D eigenvalue weighted by molar-refractivity contribution is 0.652. The van der Waals surface area contributed by atoms with E-state index in [2.05, 4.69) is 228 Å². The molecule has 15 aromatic rings. The second-order valence-electron chi connectivity index (χ2n) is 17.6. The van der Waals surface area contributed by atoms with E-state index in [9.17, 15) is 0 Å². The predicted molar refractivity (Wildman–Crippen MR) is 276 cm³/mol. The molecule has 0 unspecified atom stereocenters. The lowest BCUT2D eigenvalue weighted by atomic mass is 9.91. The van der Waals surface area contributed by atoms with Gasteiger partial charge in [-0.05, 0) is 105 Å². The van der Waals surface area contributed by atoms with Crippen LogP contribution >= 0.6 is 0 Å². The highest BCUT2D eigenvalue weighted by molar-refractivity contribution is 6.30. The largest absolute Gasteiger partial charge is 0.454 e. The van der Waals surface area contributed by atoms with Crippen LogP contribution in [0.1, 0.15) is 0 Å². The van der Waals surface area contributed by atoms with Crippen LogP contribution in [0.15, 0.2) is 227 Å². The number of aromatic nitrogens is 2. The molecule has 306 valence electrons. The molecule has 0 spiro atoms. The molecule has 4 heterocycles. The molecule has 0 radical (unpaired) electrons. The van der Waals surface area contributed by atoms with Crippen molar-refractivity contribution in [1.29, 1.82) is 0 Å². The van der Waals surface area contributed by atoms with Crippen LogP contribution in [-0.4, -0.2) is 9.13 Å². The maximum Gasteiger partial charge on any atom is 0.163 e. The van der Waals surface area contributed by atoms with Crippen molar-refractivity contribution >= 4 is 109 Å². The van der Waals surface area contributed by atoms with E-state index in [1.165, 1.54) is 48.9 Å². The molecule has 0 aliphatic carbocycles. The van der Waals surface area contributed by atoms with Crippen molar-refractivity contribution in [3.8, 4) is 33.6 Å². The van der Waals surface area contributed by atoms with Gasteiger partial charge in [0.25, 0.3) is 0 Å². The van der Waals surface area contributed by atoms with Crippen molar-refractivity contribution in [2.45, 2.75) is 0 Å². The number of hydrogen-bond acceptors (Lipinski definition) is 2. The standard InChI is InChI=1S/C62H36N2O2/c1-2-15-42(16-3-1)63-51-22-10-6-18-45(51)49-35-38(29-32-53(49)63)39-30-33-54-50(36-39)46-19-7-11-23-52(46)64(54)60-61-58(47-20-8-12-24-55(47)65-61)57(59-48-21-9-13-25-56(48)66-62(59)60)41-28-31-44-40(34-41)27-26-37-14-4-5-17-43(37)44/h1-36H. The number of benzene rings is 11. The van der Waals surface area contributed by atoms with E-state index >= 15 is 0 Å². The molecule has 0 saturated heterocycles. The minimum absolute atomic E-state index is 0.795. The van der Waals surface area contributed by atoms with Crippen LogP contribution < -0.4 is 0 Å². The van der Waals surface area contributed by atoms with Gasteiger partial charge >= 0.3 is 0 Å². The van der Waals surface area contributed by atoms with Gasteiger partial charge < -0.3 is 18.0 Å². The molecule has 0 N–H and O–H groups in total. The Bertz CT molecular complexity index is 4430. The van der Waals surface area contributed by atoms with Gasteiger partial charge in [-0.2, -0.15) is 0 Å². The van der Waals surface area contributed by atoms with Gasteiger partial charge in [0.05, 0.1) is 22.1 Å². The Morgan fingerprint density at radius 1 is 0.288 bits per heavy atom. The third-order valence-electron chi connectivity index (χ3n) is 14.1. The molecule has 0 saturated carbocycles. The molecular weight excluding hydrogens is 805 g/mol. The van der Waals surface area contributed by atoms with Crippen LogP contribution in [0.3, 0.4) is 0 Å². The molecule has 15 rings (SSSR count). The molecule has 4 aromatic heterocycles. The monoisotopic (exact) mass is 840 g/mol. The fourth-order valence-electron chi connectivity index (χ4n) is 11.2. The molecule has 0 aliphatic heterocycles. The predicted octanol–water partition coefficient (Wildman–Crippen LogP) is 17.3. The lowest BCUT2D eigenvalue weighted by Crippen LogP contribution is -1.97. The van der Waals surface area contributed by atoms with Gasteiger partial charge in [0.2, 0.25) is 0 Å². The highest BCUT2D eigenvalue weighted by Gasteiger charge is 2.29. The topological polar surface area (TPSA) is 36.1 Å². The number of para-hydroxylation sites is 5. The summed E-state index contributed by atoms with van der Waals surface area (Å²) in [6.07, 6.45) is 0. The van der Waals surface area contributed by atoms with Crippen LogP contribution in [0, 0.1) is 0 Å². The minimum Gasteiger partial charge on any atom is -0.454 e. The molecule has 0 bridgehead atoms. The Hall–Kier alpha value is -8.86. The number of fused-ring (bicyclic) bond motifs is 15. The summed E-state index contributed by atoms with van der Waals surface area (Å²) in [5.41, 5.74) is 14.4. The van der Waals surface area contributed by atoms with Gasteiger partial charge in [-0.1, -0.05) is 152 Å². The lowest BCUT2D eigenvalue weighted by Gasteiger charge is -2.15. The number of furan rings is 2. The quantitative estimate of drug-likeness (QED) is 0.166. The summed E-state index contributed by atoms with van der Waals surface area (Å²) in [6.45, 7) is 0. The van der Waals surface area contributed by atoms with Crippen LogP contribution in [0.4, 0.5) is 0 Å². The van der Waals surface area contributed by atoms with Gasteiger partial charge in [0.1, 0.15) is 16.9 Å². The molecule has 4 heteroatoms. The number of rotatable bonds is 4. The van der Waals surface area contributed by atoms with Crippen LogP contribution in [-0.2, 0) is 0 Å². The average molecular weight is 841 g/mol. The van der Waals surface area contributed by atoms with E-state index in [1.807, 2.05) is 0 Å². The van der Waals surface area contributed by atoms with E-state index in [4.69, 9.17) is 8.83 Å². The van der Waals surface area contributed by atoms with E-state index in [0.717, 1.165) is 93.7 Å². The van der Waals surface area contributed by atoms with Crippen molar-refractivity contribution in [2.24, 2.45) is 0 Å². The van der Waals surface area contributed by atoms with Crippen molar-refractivity contribution in [3.63, 3.8) is 0 Å². The number of hydrogen-bond donors (Lipinski definition) is 0. The Labute approximate surface area is 377 Å². The number of nitrogens with zero attached hydrogens (tertiary/aromatic N) is 2. The first-order valence-corrected chi connectivity index (χ1v) is 22.6. The first kappa shape index (κ1) is 35.6. The molecule has 66 heavy (non-hydrogen) atoms. The fourth-order valence-corrected chi connectivity index (χ4v) is 11.2. The van der Waals surface area contributed by atoms with Crippen LogP contribution in [0.2, 0.25) is 0 Å². The summed E-state index contributed by atoms with van der Waals surface area (Å²) in [7, 11) is 0. The zero-order valence-electron chi connectivity index (χ0n) is 35.5. The molecule has 11 aromatic carbocycles. The SMILES string of the molecule is c1ccc(-n2c3ccccc3c3cc(-c4ccc5c(c4)c4ccccc4n5-c4c5oc6ccccc6c5c(-c5ccc6c(ccc7ccccc76)c5)c5c4oc4ccccc45)ccc32)cc1. The summed E-state index contributed by atoms with van der Waals surface area (Å²) >= 11 is 0. The molecular formula is C62H36N2O2. The third-order valence-corrected chi connectivity index (χ3v) is 14.1. The summed E-state index contributed by atoms with van der Waals surface area (Å²) in [5.74, 6) is 0. The third kappa shape index (κ3) is 4.87. The van der Waals surface area contributed by atoms with Gasteiger partial charge in [-0.15, -0.1) is 0 Å². The van der Waals surface area contributed by atoms with Crippen molar-refractivity contribution in [2.75, 3.05) is 0 Å². The van der Waals surface area contributed by atoms with Gasteiger partial charge in [-0.3, -0.25) is 0 Å². The normalized spacial score (nSPS) is 12.2. The van der Waals surface area contributed by atoms with E-state index in [0.29, 0.717) is 0 Å². The van der Waals surface area contributed by atoms with Crippen molar-refractivity contribution < 1.29 is 8.83 Å². The average Bonchev–Trinajstić information content (AvgIpc) is 4.14. The molecule has 0 atom stereocenters. The maximum atomic E-state index is 7.14. The molecule has 0 aliphatic rings. The Kier molecular flexibility index (Phi) is 7.19. The second-order valence-corrected chi connectivity index (χ2v) is 17.6. The molecule has 0 amide bonds. The van der Waals surface area contributed by atoms with Crippen molar-refractivity contribution in [3.05, 3.63) is 218 Å². The van der Waals surface area contributed by atoms with E-state index in [1.54, 1.807) is 0 Å². The molecule has 4 nitrogen and oxygen atoms in total. The van der Waals surface area contributed by atoms with E-state index in [-0.39, 0.29) is 0 Å². The van der Waals surface area contributed by atoms with Gasteiger partial charge in [-0.25, -0.2) is 0 Å². The fraction of sp³-hybridized carbons (Fsp3) is 0. The maximum absolute atomic E-state index is 7.14. The zero-order valence-corrected chi connectivity index (χ0v) is 35.5. The minimum atomic E-state index is 0.795. The van der Waals surface area contributed by atoms with Crippen molar-refractivity contribution in [1.82, 2.24) is 9.13 Å². The first-order valence-electron chi connectivity index (χ1n) is 22.6. The summed E-state index contributed by atoms with van der Waals surface area (Å²) < 4.78 is 19.0. The second kappa shape index (κ2) is 13.3. The highest BCUT2D eigenvalue weighted by atomic mass is 16.3. The highest BCUT2D eigenvalue weighted by Crippen LogP contribution is 2.51. The summed E-state index contributed by atoms with van der Waals surface area (Å²) in [6, 6.07) is 78.9. The van der Waals surface area contributed by atoms with E-state index < -0.39 is 0 Å². The summed E-state index contributed by atoms with van der Waals surface area (Å²) in [5, 5.41) is 14.0. The Morgan fingerprint density at radius 2 is 0.758 bits per heavy atom. The van der Waals surface area contributed by atoms with Gasteiger partial charge in [0.15, 0.2) is 11.2 Å². The van der Waals surface area contributed by atoms with Gasteiger partial charge in [0, 0.05) is 54.3 Å².